The lowest BCUT2D eigenvalue weighted by Gasteiger charge is -2.04. The van der Waals surface area contributed by atoms with E-state index in [0.717, 1.165) is 12.8 Å². The average molecular weight is 318 g/mol. The molecular formula is C18H32F2O2. The fourth-order valence-corrected chi connectivity index (χ4v) is 2.22. The van der Waals surface area contributed by atoms with Gasteiger partial charge >= 0.3 is 12.4 Å². The molecule has 0 aromatic heterocycles. The molecule has 2 nitrogen and oxygen atoms in total. The van der Waals surface area contributed by atoms with Crippen molar-refractivity contribution in [1.29, 1.82) is 0 Å². The predicted molar refractivity (Wildman–Crippen MR) is 87.2 cm³/mol. The molecule has 0 heterocycles. The van der Waals surface area contributed by atoms with Gasteiger partial charge in [0.2, 0.25) is 0 Å². The van der Waals surface area contributed by atoms with Crippen LogP contribution in [-0.4, -0.2) is 19.0 Å². The Morgan fingerprint density at radius 1 is 0.864 bits per heavy atom. The summed E-state index contributed by atoms with van der Waals surface area (Å²) in [6.07, 6.45) is 15.5. The maximum absolute atomic E-state index is 11.8. The molecule has 0 rings (SSSR count). The van der Waals surface area contributed by atoms with Crippen LogP contribution < -0.4 is 0 Å². The molecule has 22 heavy (non-hydrogen) atoms. The normalized spacial score (nSPS) is 11.5. The third-order valence-corrected chi connectivity index (χ3v) is 3.58. The van der Waals surface area contributed by atoms with Crippen molar-refractivity contribution in [2.45, 2.75) is 90.4 Å². The first kappa shape index (κ1) is 21.1. The largest absolute Gasteiger partial charge is 0.461 e. The average Bonchev–Trinajstić information content (AvgIpc) is 2.50. The van der Waals surface area contributed by atoms with E-state index in [4.69, 9.17) is 0 Å². The van der Waals surface area contributed by atoms with Crippen LogP contribution in [0.4, 0.5) is 8.78 Å². The summed E-state index contributed by atoms with van der Waals surface area (Å²) < 4.78 is 28.1. The molecule has 0 aliphatic heterocycles. The van der Waals surface area contributed by atoms with Crippen LogP contribution in [0.25, 0.3) is 0 Å². The lowest BCUT2D eigenvalue weighted by Crippen LogP contribution is -2.14. The quantitative estimate of drug-likeness (QED) is 0.209. The first-order chi connectivity index (χ1) is 10.7. The third kappa shape index (κ3) is 15.5. The highest BCUT2D eigenvalue weighted by atomic mass is 19.3. The molecule has 0 spiro atoms. The summed E-state index contributed by atoms with van der Waals surface area (Å²) in [5.41, 5.74) is 0. The maximum Gasteiger partial charge on any atom is 0.373 e. The molecule has 0 aromatic rings. The van der Waals surface area contributed by atoms with Crippen molar-refractivity contribution in [2.24, 2.45) is 0 Å². The van der Waals surface area contributed by atoms with E-state index < -0.39 is 12.4 Å². The molecule has 0 atom stereocenters. The summed E-state index contributed by atoms with van der Waals surface area (Å²) in [5, 5.41) is 0. The van der Waals surface area contributed by atoms with Gasteiger partial charge in [-0.25, -0.2) is 4.79 Å². The van der Waals surface area contributed by atoms with Gasteiger partial charge in [-0.2, -0.15) is 8.78 Å². The van der Waals surface area contributed by atoms with E-state index in [1.165, 1.54) is 57.8 Å². The number of hydrogen-bond donors (Lipinski definition) is 0. The second kappa shape index (κ2) is 16.4. The van der Waals surface area contributed by atoms with Gasteiger partial charge in [0.05, 0.1) is 6.61 Å². The van der Waals surface area contributed by atoms with Gasteiger partial charge in [0.1, 0.15) is 0 Å². The van der Waals surface area contributed by atoms with Gasteiger partial charge in [0.15, 0.2) is 0 Å². The molecule has 0 bridgehead atoms. The van der Waals surface area contributed by atoms with E-state index in [1.54, 1.807) is 0 Å². The van der Waals surface area contributed by atoms with E-state index in [-0.39, 0.29) is 6.61 Å². The number of allylic oxidation sites excluding steroid dienone is 2. The van der Waals surface area contributed by atoms with Crippen LogP contribution in [0.1, 0.15) is 84.0 Å². The molecular weight excluding hydrogens is 286 g/mol. The minimum absolute atomic E-state index is 0.119. The van der Waals surface area contributed by atoms with Crippen LogP contribution in [0, 0.1) is 0 Å². The Labute approximate surface area is 134 Å². The Bertz CT molecular complexity index is 278. The van der Waals surface area contributed by atoms with E-state index in [2.05, 4.69) is 23.8 Å². The Hall–Kier alpha value is -0.930. The number of alkyl halides is 2. The molecule has 0 amide bonds. The van der Waals surface area contributed by atoms with Crippen molar-refractivity contribution in [1.82, 2.24) is 0 Å². The Morgan fingerprint density at radius 3 is 1.91 bits per heavy atom. The van der Waals surface area contributed by atoms with E-state index in [0.29, 0.717) is 6.42 Å². The van der Waals surface area contributed by atoms with Gasteiger partial charge < -0.3 is 4.74 Å². The van der Waals surface area contributed by atoms with Gasteiger partial charge in [-0.15, -0.1) is 0 Å². The van der Waals surface area contributed by atoms with Crippen molar-refractivity contribution < 1.29 is 18.3 Å². The van der Waals surface area contributed by atoms with Gasteiger partial charge in [0, 0.05) is 0 Å². The highest BCUT2D eigenvalue weighted by Gasteiger charge is 2.15. The number of halogens is 2. The fraction of sp³-hybridized carbons (Fsp3) is 0.833. The van der Waals surface area contributed by atoms with Crippen molar-refractivity contribution in [3.63, 3.8) is 0 Å². The SMILES string of the molecule is CCCC/C=C\CCCCCCCCCCOC(=O)C(F)F. The number of carbonyl (C=O) groups is 1. The Morgan fingerprint density at radius 2 is 1.36 bits per heavy atom. The van der Waals surface area contributed by atoms with Crippen LogP contribution in [0.2, 0.25) is 0 Å². The number of rotatable bonds is 15. The molecule has 0 radical (unpaired) electrons. The van der Waals surface area contributed by atoms with Crippen molar-refractivity contribution in [3.05, 3.63) is 12.2 Å². The molecule has 0 saturated carbocycles. The summed E-state index contributed by atoms with van der Waals surface area (Å²) in [5.74, 6) is -1.40. The van der Waals surface area contributed by atoms with E-state index >= 15 is 0 Å². The zero-order valence-corrected chi connectivity index (χ0v) is 14.0. The predicted octanol–water partition coefficient (Wildman–Crippen LogP) is 6.05. The Balaban J connectivity index is 3.11. The van der Waals surface area contributed by atoms with E-state index in [1.807, 2.05) is 0 Å². The standard InChI is InChI=1S/C18H32F2O2/c1-2-3-4-5-6-7-8-9-10-11-12-13-14-15-16-22-18(21)17(19)20/h5-6,17H,2-4,7-16H2,1H3/b6-5-. The highest BCUT2D eigenvalue weighted by molar-refractivity contribution is 5.72. The minimum atomic E-state index is -3.00. The summed E-state index contributed by atoms with van der Waals surface area (Å²) in [7, 11) is 0. The number of hydrogen-bond acceptors (Lipinski definition) is 2. The molecule has 0 N–H and O–H groups in total. The van der Waals surface area contributed by atoms with Crippen LogP contribution in [0.3, 0.4) is 0 Å². The second-order valence-electron chi connectivity index (χ2n) is 5.70. The van der Waals surface area contributed by atoms with Gasteiger partial charge in [-0.3, -0.25) is 0 Å². The van der Waals surface area contributed by atoms with Gasteiger partial charge in [-0.1, -0.05) is 70.4 Å². The molecule has 4 heteroatoms. The highest BCUT2D eigenvalue weighted by Crippen LogP contribution is 2.10. The molecule has 0 aliphatic rings. The smallest absolute Gasteiger partial charge is 0.373 e. The number of unbranched alkanes of at least 4 members (excludes halogenated alkanes) is 10. The van der Waals surface area contributed by atoms with Gasteiger partial charge in [-0.05, 0) is 25.7 Å². The maximum atomic E-state index is 11.8. The summed E-state index contributed by atoms with van der Waals surface area (Å²) in [4.78, 5) is 10.5. The van der Waals surface area contributed by atoms with E-state index in [9.17, 15) is 13.6 Å². The minimum Gasteiger partial charge on any atom is -0.461 e. The lowest BCUT2D eigenvalue weighted by molar-refractivity contribution is -0.156. The lowest BCUT2D eigenvalue weighted by atomic mass is 10.1. The number of esters is 1. The zero-order chi connectivity index (χ0) is 16.5. The first-order valence-electron chi connectivity index (χ1n) is 8.78. The molecule has 0 saturated heterocycles. The third-order valence-electron chi connectivity index (χ3n) is 3.58. The summed E-state index contributed by atoms with van der Waals surface area (Å²) in [6.45, 7) is 2.33. The van der Waals surface area contributed by atoms with Crippen LogP contribution in [0.15, 0.2) is 12.2 Å². The molecule has 0 fully saturated rings. The molecule has 0 aliphatic carbocycles. The van der Waals surface area contributed by atoms with Crippen LogP contribution >= 0.6 is 0 Å². The second-order valence-corrected chi connectivity index (χ2v) is 5.70. The van der Waals surface area contributed by atoms with Crippen molar-refractivity contribution >= 4 is 5.97 Å². The molecule has 0 aromatic carbocycles. The summed E-state index contributed by atoms with van der Waals surface area (Å²) in [6, 6.07) is 0. The zero-order valence-electron chi connectivity index (χ0n) is 14.0. The molecule has 130 valence electrons. The van der Waals surface area contributed by atoms with Crippen molar-refractivity contribution in [3.8, 4) is 0 Å². The monoisotopic (exact) mass is 318 g/mol. The molecule has 0 unspecified atom stereocenters. The number of carbonyl (C=O) groups excluding carboxylic acids is 1. The summed E-state index contributed by atoms with van der Waals surface area (Å²) >= 11 is 0. The topological polar surface area (TPSA) is 26.3 Å². The van der Waals surface area contributed by atoms with Crippen molar-refractivity contribution in [2.75, 3.05) is 6.61 Å². The van der Waals surface area contributed by atoms with Crippen LogP contribution in [-0.2, 0) is 9.53 Å². The van der Waals surface area contributed by atoms with Crippen LogP contribution in [0.5, 0.6) is 0 Å². The Kier molecular flexibility index (Phi) is 15.7. The van der Waals surface area contributed by atoms with Gasteiger partial charge in [0.25, 0.3) is 0 Å². The first-order valence-corrected chi connectivity index (χ1v) is 8.78. The number of ether oxygens (including phenoxy) is 1. The fourth-order valence-electron chi connectivity index (χ4n) is 2.22.